The molecule has 0 fully saturated rings. The van der Waals surface area contributed by atoms with Crippen LogP contribution in [0.2, 0.25) is 0 Å². The lowest BCUT2D eigenvalue weighted by atomic mass is 10.0. The lowest BCUT2D eigenvalue weighted by molar-refractivity contribution is -0.114. The maximum absolute atomic E-state index is 11.0. The fourth-order valence-electron chi connectivity index (χ4n) is 0.960. The molecule has 1 amide bonds. The van der Waals surface area contributed by atoms with E-state index < -0.39 is 5.91 Å². The number of aliphatic imine (C=N–C) groups is 1. The Kier molecular flexibility index (Phi) is 2.20. The first-order valence-electron chi connectivity index (χ1n) is 3.62. The van der Waals surface area contributed by atoms with Crippen LogP contribution in [0.1, 0.15) is 13.3 Å². The summed E-state index contributed by atoms with van der Waals surface area (Å²) in [5.74, 6) is -0.457. The Morgan fingerprint density at radius 1 is 1.75 bits per heavy atom. The number of amides is 1. The van der Waals surface area contributed by atoms with Crippen molar-refractivity contribution in [3.8, 4) is 6.07 Å². The van der Waals surface area contributed by atoms with Crippen LogP contribution in [0.3, 0.4) is 0 Å². The summed E-state index contributed by atoms with van der Waals surface area (Å²) < 4.78 is 0. The van der Waals surface area contributed by atoms with Crippen molar-refractivity contribution >= 4 is 11.6 Å². The first-order valence-corrected chi connectivity index (χ1v) is 3.62. The monoisotopic (exact) mass is 160 g/mol. The molecule has 0 bridgehead atoms. The summed E-state index contributed by atoms with van der Waals surface area (Å²) in [5.41, 5.74) is 1.39. The summed E-state index contributed by atoms with van der Waals surface area (Å²) >= 11 is 0. The molecule has 3 heteroatoms. The number of carbonyl (C=O) groups is 1. The molecule has 0 radical (unpaired) electrons. The first-order chi connectivity index (χ1) is 5.69. The Labute approximate surface area is 70.7 Å². The van der Waals surface area contributed by atoms with Gasteiger partial charge in [-0.05, 0) is 18.1 Å². The van der Waals surface area contributed by atoms with Gasteiger partial charge in [0.1, 0.15) is 11.6 Å². The van der Waals surface area contributed by atoms with E-state index in [0.717, 1.165) is 0 Å². The molecule has 0 saturated heterocycles. The van der Waals surface area contributed by atoms with E-state index in [2.05, 4.69) is 11.6 Å². The van der Waals surface area contributed by atoms with E-state index in [1.54, 1.807) is 6.07 Å². The lowest BCUT2D eigenvalue weighted by Crippen LogP contribution is -2.11. The van der Waals surface area contributed by atoms with Gasteiger partial charge in [0.15, 0.2) is 0 Å². The molecule has 0 unspecified atom stereocenters. The molecule has 0 aromatic rings. The normalized spacial score (nSPS) is 16.7. The van der Waals surface area contributed by atoms with Gasteiger partial charge in [-0.2, -0.15) is 5.26 Å². The van der Waals surface area contributed by atoms with Crippen molar-refractivity contribution in [2.24, 2.45) is 4.99 Å². The highest BCUT2D eigenvalue weighted by Crippen LogP contribution is 2.13. The van der Waals surface area contributed by atoms with Crippen LogP contribution >= 0.6 is 0 Å². The summed E-state index contributed by atoms with van der Waals surface area (Å²) in [6.45, 7) is 5.58. The van der Waals surface area contributed by atoms with Crippen molar-refractivity contribution < 1.29 is 4.79 Å². The summed E-state index contributed by atoms with van der Waals surface area (Å²) in [4.78, 5) is 14.7. The van der Waals surface area contributed by atoms with E-state index in [-0.39, 0.29) is 5.57 Å². The van der Waals surface area contributed by atoms with Gasteiger partial charge in [-0.25, -0.2) is 4.99 Å². The van der Waals surface area contributed by atoms with E-state index >= 15 is 0 Å². The van der Waals surface area contributed by atoms with Crippen LogP contribution in [-0.4, -0.2) is 11.6 Å². The van der Waals surface area contributed by atoms with Gasteiger partial charge in [-0.15, -0.1) is 0 Å². The minimum atomic E-state index is -0.457. The predicted molar refractivity (Wildman–Crippen MR) is 45.6 cm³/mol. The van der Waals surface area contributed by atoms with E-state index in [1.807, 2.05) is 6.92 Å². The standard InChI is InChI=1S/C9H8N2O/c1-3-8-6(2)4-7(5-10)9(12)11-8/h4H,2-3H2,1H3. The van der Waals surface area contributed by atoms with Crippen LogP contribution in [0.5, 0.6) is 0 Å². The lowest BCUT2D eigenvalue weighted by Gasteiger charge is -2.07. The van der Waals surface area contributed by atoms with Crippen LogP contribution in [0.25, 0.3) is 0 Å². The molecule has 0 saturated carbocycles. The molecule has 3 nitrogen and oxygen atoms in total. The molecule has 0 spiro atoms. The third kappa shape index (κ3) is 1.32. The van der Waals surface area contributed by atoms with Crippen LogP contribution < -0.4 is 0 Å². The number of dihydropyridines is 1. The molecular weight excluding hydrogens is 152 g/mol. The molecule has 0 aliphatic carbocycles. The molecule has 1 rings (SSSR count). The van der Waals surface area contributed by atoms with Crippen molar-refractivity contribution in [3.05, 3.63) is 23.8 Å². The molecule has 1 aliphatic heterocycles. The quantitative estimate of drug-likeness (QED) is 0.581. The summed E-state index contributed by atoms with van der Waals surface area (Å²) in [7, 11) is 0. The highest BCUT2D eigenvalue weighted by Gasteiger charge is 2.15. The molecule has 0 aromatic heterocycles. The van der Waals surface area contributed by atoms with Crippen molar-refractivity contribution in [1.82, 2.24) is 0 Å². The average Bonchev–Trinajstić information content (AvgIpc) is 2.08. The van der Waals surface area contributed by atoms with E-state index in [1.165, 1.54) is 6.08 Å². The number of nitriles is 1. The molecule has 1 aliphatic rings. The maximum atomic E-state index is 11.0. The third-order valence-corrected chi connectivity index (χ3v) is 1.61. The molecule has 0 atom stereocenters. The van der Waals surface area contributed by atoms with Crippen molar-refractivity contribution in [2.75, 3.05) is 0 Å². The minimum absolute atomic E-state index is 0.0669. The van der Waals surface area contributed by atoms with Crippen LogP contribution in [0.4, 0.5) is 0 Å². The van der Waals surface area contributed by atoms with E-state index in [0.29, 0.717) is 17.7 Å². The molecule has 0 N–H and O–H groups in total. The number of allylic oxidation sites excluding steroid dienone is 2. The molecular formula is C9H8N2O. The van der Waals surface area contributed by atoms with Crippen molar-refractivity contribution in [2.45, 2.75) is 13.3 Å². The maximum Gasteiger partial charge on any atom is 0.287 e. The second-order valence-electron chi connectivity index (χ2n) is 2.41. The zero-order chi connectivity index (χ0) is 9.14. The summed E-state index contributed by atoms with van der Waals surface area (Å²) in [6.07, 6.45) is 2.15. The molecule has 0 aromatic carbocycles. The zero-order valence-corrected chi connectivity index (χ0v) is 6.79. The van der Waals surface area contributed by atoms with E-state index in [9.17, 15) is 4.79 Å². The Bertz CT molecular complexity index is 342. The predicted octanol–water partition coefficient (Wildman–Crippen LogP) is 1.38. The molecule has 12 heavy (non-hydrogen) atoms. The van der Waals surface area contributed by atoms with Gasteiger partial charge in [-0.3, -0.25) is 4.79 Å². The minimum Gasteiger partial charge on any atom is -0.266 e. The first kappa shape index (κ1) is 8.41. The molecule has 60 valence electrons. The second kappa shape index (κ2) is 3.14. The van der Waals surface area contributed by atoms with Crippen molar-refractivity contribution in [3.63, 3.8) is 0 Å². The fourth-order valence-corrected chi connectivity index (χ4v) is 0.960. The number of hydrogen-bond acceptors (Lipinski definition) is 2. The third-order valence-electron chi connectivity index (χ3n) is 1.61. The highest BCUT2D eigenvalue weighted by molar-refractivity contribution is 6.16. The summed E-state index contributed by atoms with van der Waals surface area (Å²) in [6, 6.07) is 1.77. The number of rotatable bonds is 1. The van der Waals surface area contributed by atoms with Crippen LogP contribution in [-0.2, 0) is 4.79 Å². The second-order valence-corrected chi connectivity index (χ2v) is 2.41. The smallest absolute Gasteiger partial charge is 0.266 e. The Morgan fingerprint density at radius 3 is 2.92 bits per heavy atom. The number of carbonyl (C=O) groups excluding carboxylic acids is 1. The van der Waals surface area contributed by atoms with Gasteiger partial charge in [0, 0.05) is 0 Å². The van der Waals surface area contributed by atoms with Crippen LogP contribution in [0.15, 0.2) is 28.8 Å². The average molecular weight is 160 g/mol. The van der Waals surface area contributed by atoms with Crippen LogP contribution in [0, 0.1) is 11.3 Å². The largest absolute Gasteiger partial charge is 0.287 e. The number of nitrogens with zero attached hydrogens (tertiary/aromatic N) is 2. The zero-order valence-electron chi connectivity index (χ0n) is 6.79. The van der Waals surface area contributed by atoms with Gasteiger partial charge in [0.05, 0.1) is 5.71 Å². The Hall–Kier alpha value is -1.69. The number of hydrogen-bond donors (Lipinski definition) is 0. The Balaban J connectivity index is 3.04. The van der Waals surface area contributed by atoms with Gasteiger partial charge >= 0.3 is 0 Å². The van der Waals surface area contributed by atoms with Gasteiger partial charge < -0.3 is 0 Å². The van der Waals surface area contributed by atoms with Gasteiger partial charge in [0.2, 0.25) is 0 Å². The van der Waals surface area contributed by atoms with Gasteiger partial charge in [-0.1, -0.05) is 13.5 Å². The topological polar surface area (TPSA) is 53.2 Å². The van der Waals surface area contributed by atoms with Crippen molar-refractivity contribution in [1.29, 1.82) is 5.26 Å². The summed E-state index contributed by atoms with van der Waals surface area (Å²) in [5, 5.41) is 8.49. The van der Waals surface area contributed by atoms with E-state index in [4.69, 9.17) is 5.26 Å². The Morgan fingerprint density at radius 2 is 2.42 bits per heavy atom. The highest BCUT2D eigenvalue weighted by atomic mass is 16.1. The fraction of sp³-hybridized carbons (Fsp3) is 0.222. The molecule has 1 heterocycles. The SMILES string of the molecule is C=C1C=C(C#N)C(=O)N=C1CC. The van der Waals surface area contributed by atoms with Gasteiger partial charge in [0.25, 0.3) is 5.91 Å².